The third-order valence-corrected chi connectivity index (χ3v) is 6.25. The van der Waals surface area contributed by atoms with Crippen molar-refractivity contribution in [2.75, 3.05) is 24.5 Å². The molecule has 2 fully saturated rings. The maximum atomic E-state index is 13.1. The van der Waals surface area contributed by atoms with Gasteiger partial charge in [-0.3, -0.25) is 9.59 Å². The molecule has 0 radical (unpaired) electrons. The molecular formula is C18H18ClN3O2S. The minimum atomic E-state index is -0.345. The molecular weight excluding hydrogens is 358 g/mol. The Hall–Kier alpha value is -1.92. The van der Waals surface area contributed by atoms with Crippen molar-refractivity contribution in [2.45, 2.75) is 19.3 Å². The van der Waals surface area contributed by atoms with E-state index in [9.17, 15) is 9.59 Å². The van der Waals surface area contributed by atoms with Gasteiger partial charge in [0.05, 0.1) is 5.41 Å². The first-order valence-electron chi connectivity index (χ1n) is 8.35. The summed E-state index contributed by atoms with van der Waals surface area (Å²) >= 11 is 7.42. The fourth-order valence-electron chi connectivity index (χ4n) is 3.78. The molecule has 0 bridgehead atoms. The van der Waals surface area contributed by atoms with E-state index < -0.39 is 0 Å². The van der Waals surface area contributed by atoms with Gasteiger partial charge in [-0.2, -0.15) is 0 Å². The van der Waals surface area contributed by atoms with Gasteiger partial charge in [-0.15, -0.1) is 11.3 Å². The standard InChI is InChI=1S/C18H18ClN3O2S/c19-13-2-1-3-14(12-13)22-10-6-18(17(22)24)4-8-21(9-5-18)16(23)15-20-7-11-25-15/h1-3,7,11-12H,4-6,8-10H2. The third-order valence-electron chi connectivity index (χ3n) is 5.26. The van der Waals surface area contributed by atoms with E-state index in [4.69, 9.17) is 11.6 Å². The molecule has 1 aromatic carbocycles. The number of likely N-dealkylation sites (tertiary alicyclic amines) is 1. The van der Waals surface area contributed by atoms with Gasteiger partial charge in [0, 0.05) is 41.9 Å². The van der Waals surface area contributed by atoms with Gasteiger partial charge >= 0.3 is 0 Å². The summed E-state index contributed by atoms with van der Waals surface area (Å²) in [6, 6.07) is 7.43. The van der Waals surface area contributed by atoms with Crippen LogP contribution in [0.1, 0.15) is 29.1 Å². The van der Waals surface area contributed by atoms with Crippen LogP contribution < -0.4 is 4.90 Å². The Labute approximate surface area is 155 Å². The van der Waals surface area contributed by atoms with E-state index in [0.717, 1.165) is 12.1 Å². The van der Waals surface area contributed by atoms with E-state index in [0.29, 0.717) is 42.5 Å². The van der Waals surface area contributed by atoms with E-state index >= 15 is 0 Å². The number of nitrogens with zero attached hydrogens (tertiary/aromatic N) is 3. The third kappa shape index (κ3) is 2.93. The molecule has 2 aliphatic rings. The number of carbonyl (C=O) groups excluding carboxylic acids is 2. The smallest absolute Gasteiger partial charge is 0.282 e. The molecule has 0 saturated carbocycles. The first kappa shape index (κ1) is 16.5. The summed E-state index contributed by atoms with van der Waals surface area (Å²) in [5.41, 5.74) is 0.512. The highest BCUT2D eigenvalue weighted by Crippen LogP contribution is 2.43. The second-order valence-corrected chi connectivity index (χ2v) is 7.93. The second-order valence-electron chi connectivity index (χ2n) is 6.60. The molecule has 130 valence electrons. The second kappa shape index (κ2) is 6.42. The zero-order valence-corrected chi connectivity index (χ0v) is 15.2. The van der Waals surface area contributed by atoms with E-state index in [1.165, 1.54) is 11.3 Å². The predicted octanol–water partition coefficient (Wildman–Crippen LogP) is 3.46. The summed E-state index contributed by atoms with van der Waals surface area (Å²) in [5.74, 6) is 0.137. The lowest BCUT2D eigenvalue weighted by Crippen LogP contribution is -2.46. The zero-order valence-electron chi connectivity index (χ0n) is 13.7. The number of amides is 2. The molecule has 1 spiro atoms. The molecule has 4 rings (SSSR count). The SMILES string of the molecule is O=C(c1nccs1)N1CCC2(CC1)CCN(c1cccc(Cl)c1)C2=O. The fourth-order valence-corrected chi connectivity index (χ4v) is 4.56. The summed E-state index contributed by atoms with van der Waals surface area (Å²) in [7, 11) is 0. The highest BCUT2D eigenvalue weighted by atomic mass is 35.5. The summed E-state index contributed by atoms with van der Waals surface area (Å²) in [5, 5.41) is 2.96. The van der Waals surface area contributed by atoms with Gasteiger partial charge in [-0.05, 0) is 37.5 Å². The van der Waals surface area contributed by atoms with Gasteiger partial charge in [0.2, 0.25) is 5.91 Å². The molecule has 0 unspecified atom stereocenters. The van der Waals surface area contributed by atoms with Crippen LogP contribution in [0, 0.1) is 5.41 Å². The van der Waals surface area contributed by atoms with Crippen molar-refractivity contribution >= 4 is 40.4 Å². The van der Waals surface area contributed by atoms with E-state index in [-0.39, 0.29) is 17.2 Å². The van der Waals surface area contributed by atoms with E-state index in [2.05, 4.69) is 4.98 Å². The minimum Gasteiger partial charge on any atom is -0.337 e. The lowest BCUT2D eigenvalue weighted by Gasteiger charge is -2.37. The number of rotatable bonds is 2. The summed E-state index contributed by atoms with van der Waals surface area (Å²) in [4.78, 5) is 33.3. The quantitative estimate of drug-likeness (QED) is 0.807. The first-order chi connectivity index (χ1) is 12.1. The number of thiazole rings is 1. The van der Waals surface area contributed by atoms with E-state index in [1.54, 1.807) is 6.20 Å². The molecule has 7 heteroatoms. The number of hydrogen-bond donors (Lipinski definition) is 0. The molecule has 0 N–H and O–H groups in total. The fraction of sp³-hybridized carbons (Fsp3) is 0.389. The van der Waals surface area contributed by atoms with Gasteiger partial charge in [-0.25, -0.2) is 4.98 Å². The average Bonchev–Trinajstić information content (AvgIpc) is 3.25. The molecule has 5 nitrogen and oxygen atoms in total. The number of benzene rings is 1. The average molecular weight is 376 g/mol. The van der Waals surface area contributed by atoms with E-state index in [1.807, 2.05) is 39.4 Å². The Balaban J connectivity index is 1.46. The lowest BCUT2D eigenvalue weighted by molar-refractivity contribution is -0.127. The Morgan fingerprint density at radius 2 is 1.96 bits per heavy atom. The Kier molecular flexibility index (Phi) is 4.25. The summed E-state index contributed by atoms with van der Waals surface area (Å²) < 4.78 is 0. The predicted molar refractivity (Wildman–Crippen MR) is 98.1 cm³/mol. The van der Waals surface area contributed by atoms with Crippen molar-refractivity contribution < 1.29 is 9.59 Å². The Morgan fingerprint density at radius 1 is 1.20 bits per heavy atom. The van der Waals surface area contributed by atoms with Gasteiger partial charge in [0.15, 0.2) is 5.01 Å². The maximum absolute atomic E-state index is 13.1. The van der Waals surface area contributed by atoms with Crippen LogP contribution in [-0.4, -0.2) is 41.3 Å². The number of hydrogen-bond acceptors (Lipinski definition) is 4. The Morgan fingerprint density at radius 3 is 2.64 bits per heavy atom. The van der Waals surface area contributed by atoms with Gasteiger partial charge in [0.1, 0.15) is 0 Å². The molecule has 3 heterocycles. The van der Waals surface area contributed by atoms with Crippen LogP contribution in [0.15, 0.2) is 35.8 Å². The highest BCUT2D eigenvalue weighted by molar-refractivity contribution is 7.11. The van der Waals surface area contributed by atoms with Gasteiger partial charge in [-0.1, -0.05) is 17.7 Å². The number of piperidine rings is 1. The van der Waals surface area contributed by atoms with Crippen molar-refractivity contribution in [3.63, 3.8) is 0 Å². The highest BCUT2D eigenvalue weighted by Gasteiger charge is 2.49. The largest absolute Gasteiger partial charge is 0.337 e. The topological polar surface area (TPSA) is 53.5 Å². The monoisotopic (exact) mass is 375 g/mol. The van der Waals surface area contributed by atoms with Crippen molar-refractivity contribution in [1.82, 2.24) is 9.88 Å². The van der Waals surface area contributed by atoms with Crippen LogP contribution in [0.3, 0.4) is 0 Å². The Bertz CT molecular complexity index is 800. The van der Waals surface area contributed by atoms with Crippen LogP contribution in [0.25, 0.3) is 0 Å². The number of halogens is 1. The van der Waals surface area contributed by atoms with Crippen LogP contribution in [0.5, 0.6) is 0 Å². The van der Waals surface area contributed by atoms with Crippen molar-refractivity contribution in [2.24, 2.45) is 5.41 Å². The van der Waals surface area contributed by atoms with Crippen LogP contribution >= 0.6 is 22.9 Å². The summed E-state index contributed by atoms with van der Waals surface area (Å²) in [6.07, 6.45) is 3.89. The maximum Gasteiger partial charge on any atom is 0.282 e. The number of anilines is 1. The minimum absolute atomic E-state index is 0.0259. The molecule has 2 saturated heterocycles. The van der Waals surface area contributed by atoms with Crippen molar-refractivity contribution in [3.05, 3.63) is 45.9 Å². The number of aromatic nitrogens is 1. The van der Waals surface area contributed by atoms with Crippen molar-refractivity contribution in [1.29, 1.82) is 0 Å². The first-order valence-corrected chi connectivity index (χ1v) is 9.61. The molecule has 1 aromatic heterocycles. The van der Waals surface area contributed by atoms with Crippen LogP contribution in [0.4, 0.5) is 5.69 Å². The van der Waals surface area contributed by atoms with Crippen LogP contribution in [0.2, 0.25) is 5.02 Å². The molecule has 2 amide bonds. The molecule has 0 aliphatic carbocycles. The lowest BCUT2D eigenvalue weighted by atomic mass is 9.77. The normalized spacial score (nSPS) is 19.6. The van der Waals surface area contributed by atoms with Crippen molar-refractivity contribution in [3.8, 4) is 0 Å². The molecule has 2 aliphatic heterocycles. The molecule has 0 atom stereocenters. The van der Waals surface area contributed by atoms with Gasteiger partial charge in [0.25, 0.3) is 5.91 Å². The van der Waals surface area contributed by atoms with Gasteiger partial charge < -0.3 is 9.80 Å². The van der Waals surface area contributed by atoms with Crippen LogP contribution in [-0.2, 0) is 4.79 Å². The molecule has 25 heavy (non-hydrogen) atoms. The summed E-state index contributed by atoms with van der Waals surface area (Å²) in [6.45, 7) is 1.92. The molecule has 2 aromatic rings. The zero-order chi connectivity index (χ0) is 17.4. The number of carbonyl (C=O) groups is 2.